The summed E-state index contributed by atoms with van der Waals surface area (Å²) in [5.41, 5.74) is 6.32. The molecule has 1 aliphatic rings. The van der Waals surface area contributed by atoms with Gasteiger partial charge in [0.05, 0.1) is 0 Å². The highest BCUT2D eigenvalue weighted by Gasteiger charge is 2.31. The molecule has 0 aromatic heterocycles. The molecule has 152 valence electrons. The van der Waals surface area contributed by atoms with Crippen molar-refractivity contribution in [2.45, 2.75) is 97.3 Å². The minimum atomic E-state index is 0.602. The van der Waals surface area contributed by atoms with E-state index < -0.39 is 0 Å². The molecule has 0 saturated heterocycles. The molecule has 2 aromatic rings. The Hall–Kier alpha value is -1.56. The zero-order valence-electron chi connectivity index (χ0n) is 18.5. The molecule has 0 aliphatic heterocycles. The summed E-state index contributed by atoms with van der Waals surface area (Å²) in [6.45, 7) is 7.10. The Kier molecular flexibility index (Phi) is 7.77. The third kappa shape index (κ3) is 5.72. The summed E-state index contributed by atoms with van der Waals surface area (Å²) < 4.78 is 0. The predicted molar refractivity (Wildman–Crippen MR) is 124 cm³/mol. The zero-order valence-corrected chi connectivity index (χ0v) is 18.5. The van der Waals surface area contributed by atoms with E-state index in [0.717, 1.165) is 5.92 Å². The van der Waals surface area contributed by atoms with Gasteiger partial charge in [-0.3, -0.25) is 0 Å². The van der Waals surface area contributed by atoms with E-state index in [4.69, 9.17) is 0 Å². The van der Waals surface area contributed by atoms with Gasteiger partial charge in [-0.15, -0.1) is 0 Å². The molecular formula is C28H40. The van der Waals surface area contributed by atoms with E-state index in [-0.39, 0.29) is 0 Å². The van der Waals surface area contributed by atoms with Gasteiger partial charge in [-0.05, 0) is 78.5 Å². The maximum absolute atomic E-state index is 2.53. The topological polar surface area (TPSA) is 0 Å². The van der Waals surface area contributed by atoms with Crippen LogP contribution < -0.4 is 0 Å². The average Bonchev–Trinajstić information content (AvgIpc) is 2.73. The summed E-state index contributed by atoms with van der Waals surface area (Å²) in [6, 6.07) is 18.7. The summed E-state index contributed by atoms with van der Waals surface area (Å²) in [5.74, 6) is 0.768. The van der Waals surface area contributed by atoms with Crippen LogP contribution in [0.3, 0.4) is 0 Å². The third-order valence-corrected chi connectivity index (χ3v) is 7.06. The Balaban J connectivity index is 1.56. The normalized spacial score (nSPS) is 22.3. The molecule has 0 heterocycles. The first-order chi connectivity index (χ1) is 13.6. The van der Waals surface area contributed by atoms with Gasteiger partial charge in [0.2, 0.25) is 0 Å². The van der Waals surface area contributed by atoms with E-state index in [2.05, 4.69) is 69.3 Å². The van der Waals surface area contributed by atoms with Crippen LogP contribution in [0.2, 0.25) is 0 Å². The van der Waals surface area contributed by atoms with Crippen LogP contribution in [0.25, 0.3) is 11.1 Å². The Bertz CT molecular complexity index is 684. The molecule has 0 unspecified atom stereocenters. The lowest BCUT2D eigenvalue weighted by atomic mass is 9.68. The number of benzene rings is 2. The van der Waals surface area contributed by atoms with Gasteiger partial charge in [0.1, 0.15) is 0 Å². The number of unbranched alkanes of at least 4 members (excludes halogenated alkanes) is 3. The van der Waals surface area contributed by atoms with Crippen LogP contribution in [0.1, 0.15) is 102 Å². The van der Waals surface area contributed by atoms with Gasteiger partial charge in [0.25, 0.3) is 0 Å². The lowest BCUT2D eigenvalue weighted by Crippen LogP contribution is -2.23. The predicted octanol–water partition coefficient (Wildman–Crippen LogP) is 8.94. The minimum absolute atomic E-state index is 0.602. The summed E-state index contributed by atoms with van der Waals surface area (Å²) >= 11 is 0. The molecule has 28 heavy (non-hydrogen) atoms. The molecule has 2 aromatic carbocycles. The Morgan fingerprint density at radius 2 is 1.32 bits per heavy atom. The summed E-state index contributed by atoms with van der Waals surface area (Å²) in [4.78, 5) is 0. The minimum Gasteiger partial charge on any atom is -0.0654 e. The molecule has 0 heteroatoms. The molecule has 1 aliphatic carbocycles. The van der Waals surface area contributed by atoms with E-state index in [9.17, 15) is 0 Å². The molecule has 0 spiro atoms. The number of aryl methyl sites for hydroxylation is 1. The first kappa shape index (κ1) is 21.2. The standard InChI is InChI=1S/C28H40/c1-4-6-8-20-28(3)21-18-27(19-22-28)26-16-14-25(15-17-26)24-12-10-23(11-13-24)9-7-5-2/h10-17,27H,4-9,18-22H2,1-3H3. The molecule has 0 radical (unpaired) electrons. The van der Waals surface area contributed by atoms with Gasteiger partial charge in [-0.2, -0.15) is 0 Å². The quantitative estimate of drug-likeness (QED) is 0.383. The van der Waals surface area contributed by atoms with E-state index in [1.54, 1.807) is 5.56 Å². The molecule has 0 bridgehead atoms. The van der Waals surface area contributed by atoms with Crippen molar-refractivity contribution in [3.8, 4) is 11.1 Å². The molecule has 0 nitrogen and oxygen atoms in total. The highest BCUT2D eigenvalue weighted by Crippen LogP contribution is 2.45. The molecule has 0 N–H and O–H groups in total. The van der Waals surface area contributed by atoms with Gasteiger partial charge in [0, 0.05) is 0 Å². The highest BCUT2D eigenvalue weighted by molar-refractivity contribution is 5.64. The van der Waals surface area contributed by atoms with Crippen LogP contribution >= 0.6 is 0 Å². The van der Waals surface area contributed by atoms with E-state index in [0.29, 0.717) is 5.41 Å². The molecule has 0 amide bonds. The van der Waals surface area contributed by atoms with Crippen molar-refractivity contribution in [2.75, 3.05) is 0 Å². The van der Waals surface area contributed by atoms with Crippen molar-refractivity contribution in [3.63, 3.8) is 0 Å². The van der Waals surface area contributed by atoms with Gasteiger partial charge < -0.3 is 0 Å². The fourth-order valence-electron chi connectivity index (χ4n) is 4.89. The smallest absolute Gasteiger partial charge is 0.0162 e. The fourth-order valence-corrected chi connectivity index (χ4v) is 4.89. The largest absolute Gasteiger partial charge is 0.0654 e. The van der Waals surface area contributed by atoms with Crippen molar-refractivity contribution in [2.24, 2.45) is 5.41 Å². The molecule has 0 atom stereocenters. The number of rotatable bonds is 9. The SMILES string of the molecule is CCCCCC1(C)CCC(c2ccc(-c3ccc(CCCC)cc3)cc2)CC1. The monoisotopic (exact) mass is 376 g/mol. The van der Waals surface area contributed by atoms with Gasteiger partial charge in [-0.25, -0.2) is 0 Å². The molecule has 1 saturated carbocycles. The molecule has 1 fully saturated rings. The van der Waals surface area contributed by atoms with Crippen LogP contribution in [0.15, 0.2) is 48.5 Å². The average molecular weight is 377 g/mol. The fraction of sp³-hybridized carbons (Fsp3) is 0.571. The second-order valence-electron chi connectivity index (χ2n) is 9.46. The van der Waals surface area contributed by atoms with Crippen molar-refractivity contribution in [1.82, 2.24) is 0 Å². The summed E-state index contributed by atoms with van der Waals surface area (Å²) in [5, 5.41) is 0. The Morgan fingerprint density at radius 1 is 0.750 bits per heavy atom. The Morgan fingerprint density at radius 3 is 1.89 bits per heavy atom. The van der Waals surface area contributed by atoms with Crippen molar-refractivity contribution < 1.29 is 0 Å². The second-order valence-corrected chi connectivity index (χ2v) is 9.46. The summed E-state index contributed by atoms with van der Waals surface area (Å²) in [6.07, 6.45) is 14.9. The van der Waals surface area contributed by atoms with E-state index >= 15 is 0 Å². The lowest BCUT2D eigenvalue weighted by molar-refractivity contribution is 0.178. The van der Waals surface area contributed by atoms with Crippen LogP contribution in [-0.2, 0) is 6.42 Å². The zero-order chi connectivity index (χ0) is 19.8. The Labute approximate surface area is 173 Å². The third-order valence-electron chi connectivity index (χ3n) is 7.06. The maximum Gasteiger partial charge on any atom is -0.0162 e. The van der Waals surface area contributed by atoms with Crippen molar-refractivity contribution in [1.29, 1.82) is 0 Å². The number of hydrogen-bond donors (Lipinski definition) is 0. The van der Waals surface area contributed by atoms with E-state index in [1.165, 1.54) is 87.3 Å². The van der Waals surface area contributed by atoms with Gasteiger partial charge in [0.15, 0.2) is 0 Å². The number of hydrogen-bond acceptors (Lipinski definition) is 0. The molecular weight excluding hydrogens is 336 g/mol. The lowest BCUT2D eigenvalue weighted by Gasteiger charge is -2.38. The maximum atomic E-state index is 2.53. The summed E-state index contributed by atoms with van der Waals surface area (Å²) in [7, 11) is 0. The van der Waals surface area contributed by atoms with Crippen molar-refractivity contribution >= 4 is 0 Å². The van der Waals surface area contributed by atoms with Crippen LogP contribution in [0, 0.1) is 5.41 Å². The van der Waals surface area contributed by atoms with Crippen LogP contribution in [0.5, 0.6) is 0 Å². The van der Waals surface area contributed by atoms with Crippen LogP contribution in [0.4, 0.5) is 0 Å². The molecule has 3 rings (SSSR count). The highest BCUT2D eigenvalue weighted by atomic mass is 14.4. The van der Waals surface area contributed by atoms with Crippen molar-refractivity contribution in [3.05, 3.63) is 59.7 Å². The first-order valence-electron chi connectivity index (χ1n) is 11.8. The van der Waals surface area contributed by atoms with E-state index in [1.807, 2.05) is 0 Å². The second kappa shape index (κ2) is 10.3. The van der Waals surface area contributed by atoms with Gasteiger partial charge >= 0.3 is 0 Å². The first-order valence-corrected chi connectivity index (χ1v) is 11.8. The van der Waals surface area contributed by atoms with Crippen LogP contribution in [-0.4, -0.2) is 0 Å². The van der Waals surface area contributed by atoms with Gasteiger partial charge in [-0.1, -0.05) is 95.0 Å².